The summed E-state index contributed by atoms with van der Waals surface area (Å²) in [7, 11) is 0. The lowest BCUT2D eigenvalue weighted by Crippen LogP contribution is -2.29. The van der Waals surface area contributed by atoms with E-state index >= 15 is 0 Å². The smallest absolute Gasteiger partial charge is 0.231 e. The first-order valence-electron chi connectivity index (χ1n) is 5.65. The summed E-state index contributed by atoms with van der Waals surface area (Å²) >= 11 is 0. The Labute approximate surface area is 101 Å². The lowest BCUT2D eigenvalue weighted by Gasteiger charge is -2.18. The molecule has 0 fully saturated rings. The van der Waals surface area contributed by atoms with Crippen LogP contribution in [-0.4, -0.2) is 23.3 Å². The minimum absolute atomic E-state index is 0.276. The van der Waals surface area contributed by atoms with Gasteiger partial charge >= 0.3 is 0 Å². The number of fused-ring (bicyclic) bond motifs is 1. The molecule has 0 aliphatic carbocycles. The van der Waals surface area contributed by atoms with Crippen LogP contribution in [0.5, 0.6) is 11.5 Å². The molecule has 0 bridgehead atoms. The highest BCUT2D eigenvalue weighted by atomic mass is 16.7. The van der Waals surface area contributed by atoms with Crippen molar-refractivity contribution < 1.29 is 14.2 Å². The summed E-state index contributed by atoms with van der Waals surface area (Å²) in [4.78, 5) is 0. The second-order valence-corrected chi connectivity index (χ2v) is 5.07. The first kappa shape index (κ1) is 11.8. The van der Waals surface area contributed by atoms with E-state index in [-0.39, 0.29) is 6.79 Å². The van der Waals surface area contributed by atoms with E-state index in [4.69, 9.17) is 9.47 Å². The van der Waals surface area contributed by atoms with E-state index in [2.05, 4.69) is 0 Å². The van der Waals surface area contributed by atoms with Gasteiger partial charge in [0.25, 0.3) is 0 Å². The van der Waals surface area contributed by atoms with Crippen molar-refractivity contribution >= 4 is 6.21 Å². The fourth-order valence-corrected chi connectivity index (χ4v) is 1.53. The molecule has 0 N–H and O–H groups in total. The first-order valence-corrected chi connectivity index (χ1v) is 5.65. The molecule has 92 valence electrons. The van der Waals surface area contributed by atoms with Crippen LogP contribution in [-0.2, 0) is 6.42 Å². The van der Waals surface area contributed by atoms with Gasteiger partial charge in [-0.3, -0.25) is 0 Å². The molecule has 0 spiro atoms. The number of nitrogens with zero attached hydrogens (tertiary/aromatic N) is 1. The summed E-state index contributed by atoms with van der Waals surface area (Å²) in [5.74, 6) is 1.52. The molecular formula is C13H17NO3. The van der Waals surface area contributed by atoms with Gasteiger partial charge in [-0.2, -0.15) is 0 Å². The van der Waals surface area contributed by atoms with Gasteiger partial charge in [0, 0.05) is 20.8 Å². The Morgan fingerprint density at radius 3 is 2.71 bits per heavy atom. The zero-order chi connectivity index (χ0) is 12.5. The van der Waals surface area contributed by atoms with Gasteiger partial charge in [-0.05, 0) is 17.7 Å². The zero-order valence-electron chi connectivity index (χ0n) is 10.4. The summed E-state index contributed by atoms with van der Waals surface area (Å²) in [6.45, 7) is 5.93. The van der Waals surface area contributed by atoms with Crippen molar-refractivity contribution in [2.24, 2.45) is 0 Å². The van der Waals surface area contributed by atoms with Crippen LogP contribution in [0.4, 0.5) is 0 Å². The van der Waals surface area contributed by atoms with Crippen molar-refractivity contribution in [1.82, 2.24) is 0 Å². The summed E-state index contributed by atoms with van der Waals surface area (Å²) in [5, 5.41) is 11.7. The molecule has 1 aliphatic heterocycles. The molecule has 1 aromatic carbocycles. The standard InChI is InChI=1S/C13H17NO3/c1-13(2,3)14(15)7-6-10-4-5-11-12(8-10)17-9-16-11/h4-5,7-8H,6,9H2,1-3H3/b14-7-. The molecular weight excluding hydrogens is 218 g/mol. The SMILES string of the molecule is CC(C)(C)/[N+]([O-])=C/Cc1ccc2c(c1)OCO2. The first-order chi connectivity index (χ1) is 7.97. The molecule has 0 atom stereocenters. The fourth-order valence-electron chi connectivity index (χ4n) is 1.53. The van der Waals surface area contributed by atoms with Gasteiger partial charge in [0.1, 0.15) is 0 Å². The molecule has 0 radical (unpaired) electrons. The Hall–Kier alpha value is -1.71. The molecule has 1 aliphatic rings. The second-order valence-electron chi connectivity index (χ2n) is 5.07. The normalized spacial score (nSPS) is 15.1. The van der Waals surface area contributed by atoms with Crippen molar-refractivity contribution in [2.75, 3.05) is 6.79 Å². The summed E-state index contributed by atoms with van der Waals surface area (Å²) in [6, 6.07) is 5.73. The van der Waals surface area contributed by atoms with Crippen LogP contribution in [0.2, 0.25) is 0 Å². The molecule has 1 heterocycles. The largest absolute Gasteiger partial charge is 0.624 e. The lowest BCUT2D eigenvalue weighted by molar-refractivity contribution is -0.531. The van der Waals surface area contributed by atoms with Gasteiger partial charge in [0.15, 0.2) is 23.3 Å². The van der Waals surface area contributed by atoms with Gasteiger partial charge in [-0.25, -0.2) is 4.74 Å². The van der Waals surface area contributed by atoms with Crippen LogP contribution < -0.4 is 9.47 Å². The fraction of sp³-hybridized carbons (Fsp3) is 0.462. The van der Waals surface area contributed by atoms with E-state index in [0.717, 1.165) is 21.8 Å². The van der Waals surface area contributed by atoms with E-state index in [1.54, 1.807) is 6.21 Å². The van der Waals surface area contributed by atoms with Gasteiger partial charge in [0.05, 0.1) is 6.42 Å². The highest BCUT2D eigenvalue weighted by molar-refractivity contribution is 5.58. The highest BCUT2D eigenvalue weighted by Crippen LogP contribution is 2.32. The molecule has 0 saturated carbocycles. The number of hydroxylamine groups is 1. The van der Waals surface area contributed by atoms with Crippen LogP contribution in [0.25, 0.3) is 0 Å². The predicted molar refractivity (Wildman–Crippen MR) is 65.7 cm³/mol. The number of hydrogen-bond acceptors (Lipinski definition) is 3. The Kier molecular flexibility index (Phi) is 2.96. The van der Waals surface area contributed by atoms with Crippen LogP contribution in [0.3, 0.4) is 0 Å². The molecule has 4 nitrogen and oxygen atoms in total. The summed E-state index contributed by atoms with van der Waals surface area (Å²) in [6.07, 6.45) is 2.24. The van der Waals surface area contributed by atoms with E-state index in [9.17, 15) is 5.21 Å². The van der Waals surface area contributed by atoms with Crippen molar-refractivity contribution in [1.29, 1.82) is 0 Å². The molecule has 0 aromatic heterocycles. The number of ether oxygens (including phenoxy) is 2. The molecule has 0 saturated heterocycles. The van der Waals surface area contributed by atoms with E-state index in [1.165, 1.54) is 0 Å². The molecule has 4 heteroatoms. The number of hydrogen-bond donors (Lipinski definition) is 0. The molecule has 0 unspecified atom stereocenters. The van der Waals surface area contributed by atoms with Crippen LogP contribution in [0, 0.1) is 5.21 Å². The maximum absolute atomic E-state index is 11.7. The average molecular weight is 235 g/mol. The van der Waals surface area contributed by atoms with E-state index < -0.39 is 5.54 Å². The third-order valence-electron chi connectivity index (χ3n) is 2.59. The molecule has 2 rings (SSSR count). The Morgan fingerprint density at radius 2 is 2.00 bits per heavy atom. The van der Waals surface area contributed by atoms with Crippen molar-refractivity contribution in [2.45, 2.75) is 32.7 Å². The van der Waals surface area contributed by atoms with Crippen molar-refractivity contribution in [3.63, 3.8) is 0 Å². The zero-order valence-corrected chi connectivity index (χ0v) is 10.4. The summed E-state index contributed by atoms with van der Waals surface area (Å²) in [5.41, 5.74) is 0.649. The number of benzene rings is 1. The van der Waals surface area contributed by atoms with Gasteiger partial charge in [-0.15, -0.1) is 0 Å². The Bertz CT molecular complexity index is 446. The van der Waals surface area contributed by atoms with Crippen molar-refractivity contribution in [3.05, 3.63) is 29.0 Å². The van der Waals surface area contributed by atoms with E-state index in [1.807, 2.05) is 39.0 Å². The van der Waals surface area contributed by atoms with Gasteiger partial charge in [-0.1, -0.05) is 6.07 Å². The minimum atomic E-state index is -0.393. The topological polar surface area (TPSA) is 44.5 Å². The van der Waals surface area contributed by atoms with Crippen LogP contribution in [0.15, 0.2) is 18.2 Å². The van der Waals surface area contributed by atoms with E-state index in [0.29, 0.717) is 6.42 Å². The number of rotatable bonds is 2. The monoisotopic (exact) mass is 235 g/mol. The predicted octanol–water partition coefficient (Wildman–Crippen LogP) is 2.34. The Balaban J connectivity index is 2.10. The second kappa shape index (κ2) is 4.28. The average Bonchev–Trinajstić information content (AvgIpc) is 2.71. The molecule has 0 amide bonds. The van der Waals surface area contributed by atoms with Gasteiger partial charge in [0.2, 0.25) is 6.79 Å². The quantitative estimate of drug-likeness (QED) is 0.342. The van der Waals surface area contributed by atoms with Crippen LogP contribution in [0.1, 0.15) is 26.3 Å². The lowest BCUT2D eigenvalue weighted by atomic mass is 10.1. The minimum Gasteiger partial charge on any atom is -0.624 e. The van der Waals surface area contributed by atoms with Gasteiger partial charge < -0.3 is 14.7 Å². The maximum Gasteiger partial charge on any atom is 0.231 e. The highest BCUT2D eigenvalue weighted by Gasteiger charge is 2.18. The Morgan fingerprint density at radius 1 is 1.29 bits per heavy atom. The maximum atomic E-state index is 11.7. The molecule has 17 heavy (non-hydrogen) atoms. The third-order valence-corrected chi connectivity index (χ3v) is 2.59. The van der Waals surface area contributed by atoms with Crippen molar-refractivity contribution in [3.8, 4) is 11.5 Å². The van der Waals surface area contributed by atoms with Crippen LogP contribution >= 0.6 is 0 Å². The summed E-state index contributed by atoms with van der Waals surface area (Å²) < 4.78 is 11.5. The molecule has 1 aromatic rings. The third kappa shape index (κ3) is 2.70.